The highest BCUT2D eigenvalue weighted by Crippen LogP contribution is 2.34. The van der Waals surface area contributed by atoms with Crippen molar-refractivity contribution < 1.29 is 9.26 Å². The number of hydrogen-bond acceptors (Lipinski definition) is 4. The van der Waals surface area contributed by atoms with Gasteiger partial charge >= 0.3 is 0 Å². The molecule has 0 amide bonds. The van der Waals surface area contributed by atoms with Crippen LogP contribution in [0, 0.1) is 0 Å². The van der Waals surface area contributed by atoms with Crippen LogP contribution in [0.15, 0.2) is 22.7 Å². The van der Waals surface area contributed by atoms with E-state index in [0.29, 0.717) is 41.3 Å². The molecule has 6 heteroatoms. The Hall–Kier alpha value is -1.23. The Bertz CT molecular complexity index is 570. The molecule has 1 aromatic heterocycles. The number of ether oxygens (including phenoxy) is 1. The van der Waals surface area contributed by atoms with E-state index in [-0.39, 0.29) is 0 Å². The molecule has 0 atom stereocenters. The third-order valence-electron chi connectivity index (χ3n) is 2.68. The first-order valence-electron chi connectivity index (χ1n) is 5.90. The van der Waals surface area contributed by atoms with Gasteiger partial charge in [-0.15, -0.1) is 0 Å². The molecular formula is C13H14Cl2N2O2. The second kappa shape index (κ2) is 6.28. The van der Waals surface area contributed by atoms with Crippen LogP contribution in [-0.4, -0.2) is 18.4 Å². The minimum absolute atomic E-state index is 0.338. The molecule has 1 heterocycles. The van der Waals surface area contributed by atoms with Crippen LogP contribution in [-0.2, 0) is 11.2 Å². The van der Waals surface area contributed by atoms with Crippen molar-refractivity contribution in [1.82, 2.24) is 5.16 Å². The minimum atomic E-state index is 0.338. The molecule has 2 aromatic rings. The summed E-state index contributed by atoms with van der Waals surface area (Å²) >= 11 is 11.9. The maximum absolute atomic E-state index is 6.01. The highest BCUT2D eigenvalue weighted by Gasteiger charge is 2.16. The van der Waals surface area contributed by atoms with E-state index in [0.717, 1.165) is 11.1 Å². The van der Waals surface area contributed by atoms with Crippen molar-refractivity contribution in [2.75, 3.05) is 18.9 Å². The minimum Gasteiger partial charge on any atom is -0.381 e. The largest absolute Gasteiger partial charge is 0.381 e. The van der Waals surface area contributed by atoms with E-state index < -0.39 is 0 Å². The normalized spacial score (nSPS) is 10.9. The van der Waals surface area contributed by atoms with Gasteiger partial charge in [0.2, 0.25) is 0 Å². The van der Waals surface area contributed by atoms with Crippen molar-refractivity contribution in [2.45, 2.75) is 13.3 Å². The zero-order chi connectivity index (χ0) is 13.8. The van der Waals surface area contributed by atoms with E-state index in [1.54, 1.807) is 12.1 Å². The van der Waals surface area contributed by atoms with Gasteiger partial charge in [0, 0.05) is 13.0 Å². The molecule has 0 saturated heterocycles. The maximum atomic E-state index is 6.01. The number of nitrogen functional groups attached to an aromatic ring is 1. The highest BCUT2D eigenvalue weighted by atomic mass is 35.5. The summed E-state index contributed by atoms with van der Waals surface area (Å²) in [6.45, 7) is 3.15. The van der Waals surface area contributed by atoms with Crippen LogP contribution in [0.5, 0.6) is 0 Å². The number of benzene rings is 1. The summed E-state index contributed by atoms with van der Waals surface area (Å²) in [5.74, 6) is 1.02. The zero-order valence-electron chi connectivity index (χ0n) is 10.5. The molecule has 0 saturated carbocycles. The van der Waals surface area contributed by atoms with Crippen molar-refractivity contribution >= 4 is 29.0 Å². The molecule has 0 aliphatic heterocycles. The number of anilines is 1. The number of halogens is 2. The molecule has 4 nitrogen and oxygen atoms in total. The topological polar surface area (TPSA) is 61.3 Å². The van der Waals surface area contributed by atoms with Gasteiger partial charge in [-0.05, 0) is 24.6 Å². The number of aromatic nitrogens is 1. The smallest absolute Gasteiger partial charge is 0.175 e. The third-order valence-corrected chi connectivity index (χ3v) is 3.41. The fourth-order valence-electron chi connectivity index (χ4n) is 1.78. The Kier molecular flexibility index (Phi) is 4.69. The van der Waals surface area contributed by atoms with E-state index in [1.807, 2.05) is 13.0 Å². The van der Waals surface area contributed by atoms with Gasteiger partial charge in [-0.25, -0.2) is 0 Å². The Morgan fingerprint density at radius 3 is 2.79 bits per heavy atom. The lowest BCUT2D eigenvalue weighted by Crippen LogP contribution is -1.98. The summed E-state index contributed by atoms with van der Waals surface area (Å²) in [6, 6.07) is 5.30. The summed E-state index contributed by atoms with van der Waals surface area (Å²) in [5, 5.41) is 4.76. The SMILES string of the molecule is CCOCCc1onc(N)c1-c1ccc(Cl)c(Cl)c1. The quantitative estimate of drug-likeness (QED) is 0.853. The predicted octanol–water partition coefficient (Wildman–Crippen LogP) is 3.81. The molecule has 0 radical (unpaired) electrons. The second-order valence-corrected chi connectivity index (χ2v) is 4.76. The first-order valence-corrected chi connectivity index (χ1v) is 6.66. The van der Waals surface area contributed by atoms with Gasteiger partial charge in [-0.3, -0.25) is 0 Å². The first kappa shape index (κ1) is 14.2. The summed E-state index contributed by atoms with van der Waals surface area (Å²) in [6.07, 6.45) is 0.605. The van der Waals surface area contributed by atoms with Crippen LogP contribution in [0.3, 0.4) is 0 Å². The van der Waals surface area contributed by atoms with Crippen molar-refractivity contribution in [1.29, 1.82) is 0 Å². The lowest BCUT2D eigenvalue weighted by molar-refractivity contribution is 0.145. The molecule has 0 aliphatic rings. The standard InChI is InChI=1S/C13H14Cl2N2O2/c1-2-18-6-5-11-12(13(16)17-19-11)8-3-4-9(14)10(15)7-8/h3-4,7H,2,5-6H2,1H3,(H2,16,17). The number of nitrogens with two attached hydrogens (primary N) is 1. The maximum Gasteiger partial charge on any atom is 0.175 e. The predicted molar refractivity (Wildman–Crippen MR) is 76.6 cm³/mol. The van der Waals surface area contributed by atoms with Crippen LogP contribution in [0.25, 0.3) is 11.1 Å². The summed E-state index contributed by atoms with van der Waals surface area (Å²) in [5.41, 5.74) is 7.43. The fraction of sp³-hybridized carbons (Fsp3) is 0.308. The van der Waals surface area contributed by atoms with Crippen LogP contribution in [0.1, 0.15) is 12.7 Å². The molecular weight excluding hydrogens is 287 g/mol. The average molecular weight is 301 g/mol. The van der Waals surface area contributed by atoms with Crippen molar-refractivity contribution in [3.63, 3.8) is 0 Å². The molecule has 0 unspecified atom stereocenters. The van der Waals surface area contributed by atoms with Gasteiger partial charge in [0.15, 0.2) is 5.82 Å². The summed E-state index contributed by atoms with van der Waals surface area (Å²) in [4.78, 5) is 0. The molecule has 0 fully saturated rings. The van der Waals surface area contributed by atoms with Gasteiger partial charge in [-0.2, -0.15) is 0 Å². The molecule has 19 heavy (non-hydrogen) atoms. The lowest BCUT2D eigenvalue weighted by atomic mass is 10.0. The monoisotopic (exact) mass is 300 g/mol. The number of rotatable bonds is 5. The average Bonchev–Trinajstić information content (AvgIpc) is 2.75. The number of nitrogens with zero attached hydrogens (tertiary/aromatic N) is 1. The third kappa shape index (κ3) is 3.21. The summed E-state index contributed by atoms with van der Waals surface area (Å²) in [7, 11) is 0. The summed E-state index contributed by atoms with van der Waals surface area (Å²) < 4.78 is 10.5. The Morgan fingerprint density at radius 1 is 1.32 bits per heavy atom. The first-order chi connectivity index (χ1) is 9.13. The lowest BCUT2D eigenvalue weighted by Gasteiger charge is -2.04. The van der Waals surface area contributed by atoms with Crippen LogP contribution >= 0.6 is 23.2 Å². The molecule has 1 aromatic carbocycles. The van der Waals surface area contributed by atoms with E-state index in [1.165, 1.54) is 0 Å². The van der Waals surface area contributed by atoms with Crippen LogP contribution in [0.4, 0.5) is 5.82 Å². The van der Waals surface area contributed by atoms with Crippen molar-refractivity contribution in [2.24, 2.45) is 0 Å². The Labute approximate surface area is 121 Å². The zero-order valence-corrected chi connectivity index (χ0v) is 12.0. The molecule has 2 N–H and O–H groups in total. The second-order valence-electron chi connectivity index (χ2n) is 3.94. The van der Waals surface area contributed by atoms with Crippen LogP contribution in [0.2, 0.25) is 10.0 Å². The van der Waals surface area contributed by atoms with Gasteiger partial charge in [0.25, 0.3) is 0 Å². The van der Waals surface area contributed by atoms with Gasteiger partial charge < -0.3 is 15.0 Å². The van der Waals surface area contributed by atoms with Gasteiger partial charge in [-0.1, -0.05) is 34.4 Å². The van der Waals surface area contributed by atoms with Crippen LogP contribution < -0.4 is 5.73 Å². The highest BCUT2D eigenvalue weighted by molar-refractivity contribution is 6.42. The van der Waals surface area contributed by atoms with E-state index >= 15 is 0 Å². The van der Waals surface area contributed by atoms with Gasteiger partial charge in [0.05, 0.1) is 22.2 Å². The Morgan fingerprint density at radius 2 is 2.11 bits per heavy atom. The number of hydrogen-bond donors (Lipinski definition) is 1. The van der Waals surface area contributed by atoms with E-state index in [2.05, 4.69) is 5.16 Å². The molecule has 0 spiro atoms. The molecule has 2 rings (SSSR count). The molecule has 102 valence electrons. The fourth-order valence-corrected chi connectivity index (χ4v) is 2.08. The van der Waals surface area contributed by atoms with Crippen molar-refractivity contribution in [3.8, 4) is 11.1 Å². The van der Waals surface area contributed by atoms with Gasteiger partial charge in [0.1, 0.15) is 5.76 Å². The van der Waals surface area contributed by atoms with E-state index in [9.17, 15) is 0 Å². The molecule has 0 bridgehead atoms. The van der Waals surface area contributed by atoms with Crippen molar-refractivity contribution in [3.05, 3.63) is 34.0 Å². The van der Waals surface area contributed by atoms with E-state index in [4.69, 9.17) is 38.2 Å². The Balaban J connectivity index is 2.32. The molecule has 0 aliphatic carbocycles.